The van der Waals surface area contributed by atoms with Crippen LogP contribution in [-0.2, 0) is 11.8 Å². The van der Waals surface area contributed by atoms with Gasteiger partial charge >= 0.3 is 0 Å². The molecule has 6 heteroatoms. The number of nitrogens with zero attached hydrogens (tertiary/aromatic N) is 2. The van der Waals surface area contributed by atoms with E-state index in [4.69, 9.17) is 9.47 Å². The normalized spacial score (nSPS) is 17.1. The van der Waals surface area contributed by atoms with E-state index in [1.165, 1.54) is 22.5 Å². The summed E-state index contributed by atoms with van der Waals surface area (Å²) in [6.07, 6.45) is -0.719. The van der Waals surface area contributed by atoms with Crippen LogP contribution in [0.2, 0.25) is 0 Å². The average Bonchev–Trinajstić information content (AvgIpc) is 2.90. The van der Waals surface area contributed by atoms with Crippen molar-refractivity contribution in [3.05, 3.63) is 52.3 Å². The number of benzene rings is 2. The number of carbonyl (C=O) groups excluding carboxylic acids is 1. The third kappa shape index (κ3) is 2.82. The first-order valence-corrected chi connectivity index (χ1v) is 8.88. The number of rotatable bonds is 1. The highest BCUT2D eigenvalue weighted by Crippen LogP contribution is 2.31. The maximum Gasteiger partial charge on any atom is 0.292 e. The lowest BCUT2D eigenvalue weighted by molar-refractivity contribution is -0.127. The van der Waals surface area contributed by atoms with Gasteiger partial charge in [0.05, 0.1) is 10.2 Å². The molecule has 128 valence electrons. The summed E-state index contributed by atoms with van der Waals surface area (Å²) in [6, 6.07) is 11.6. The van der Waals surface area contributed by atoms with Gasteiger partial charge in [-0.05, 0) is 49.2 Å². The van der Waals surface area contributed by atoms with E-state index >= 15 is 0 Å². The molecule has 2 heterocycles. The zero-order valence-electron chi connectivity index (χ0n) is 14.3. The molecule has 0 saturated heterocycles. The van der Waals surface area contributed by atoms with Crippen molar-refractivity contribution in [3.8, 4) is 11.5 Å². The minimum Gasteiger partial charge on any atom is -0.485 e. The molecule has 0 unspecified atom stereocenters. The number of thiazole rings is 1. The Kier molecular flexibility index (Phi) is 3.84. The van der Waals surface area contributed by atoms with Crippen molar-refractivity contribution in [2.75, 3.05) is 6.61 Å². The fourth-order valence-electron chi connectivity index (χ4n) is 2.79. The molecule has 0 spiro atoms. The van der Waals surface area contributed by atoms with Gasteiger partial charge < -0.3 is 14.0 Å². The molecule has 1 amide bonds. The maximum absolute atomic E-state index is 12.6. The van der Waals surface area contributed by atoms with Crippen LogP contribution in [0.3, 0.4) is 0 Å². The summed E-state index contributed by atoms with van der Waals surface area (Å²) < 4.78 is 14.4. The largest absolute Gasteiger partial charge is 0.485 e. The Morgan fingerprint density at radius 3 is 2.72 bits per heavy atom. The Bertz CT molecular complexity index is 1050. The minimum absolute atomic E-state index is 0.173. The van der Waals surface area contributed by atoms with Crippen LogP contribution in [0.25, 0.3) is 10.2 Å². The fraction of sp³-hybridized carbons (Fsp3) is 0.263. The number of aromatic nitrogens is 1. The zero-order chi connectivity index (χ0) is 17.6. The molecule has 0 saturated carbocycles. The molecule has 3 aromatic rings. The fourth-order valence-corrected chi connectivity index (χ4v) is 3.90. The van der Waals surface area contributed by atoms with Gasteiger partial charge in [0.15, 0.2) is 16.3 Å². The van der Waals surface area contributed by atoms with Gasteiger partial charge in [0.25, 0.3) is 5.91 Å². The molecule has 5 nitrogen and oxygen atoms in total. The van der Waals surface area contributed by atoms with Crippen molar-refractivity contribution < 1.29 is 14.3 Å². The van der Waals surface area contributed by atoms with Gasteiger partial charge in [-0.3, -0.25) is 4.79 Å². The second kappa shape index (κ2) is 6.04. The quantitative estimate of drug-likeness (QED) is 0.675. The number of ether oxygens (including phenoxy) is 2. The van der Waals surface area contributed by atoms with Gasteiger partial charge in [-0.25, -0.2) is 0 Å². The van der Waals surface area contributed by atoms with Crippen LogP contribution in [0, 0.1) is 13.8 Å². The Morgan fingerprint density at radius 1 is 1.20 bits per heavy atom. The van der Waals surface area contributed by atoms with Crippen LogP contribution in [0.5, 0.6) is 11.5 Å². The summed E-state index contributed by atoms with van der Waals surface area (Å²) in [7, 11) is 1.92. The molecule has 0 radical (unpaired) electrons. The van der Waals surface area contributed by atoms with Crippen LogP contribution in [0.1, 0.15) is 11.1 Å². The van der Waals surface area contributed by atoms with Crippen LogP contribution in [0.15, 0.2) is 41.4 Å². The Balaban J connectivity index is 1.68. The first-order chi connectivity index (χ1) is 12.0. The number of para-hydroxylation sites is 2. The summed E-state index contributed by atoms with van der Waals surface area (Å²) in [6.45, 7) is 4.34. The maximum atomic E-state index is 12.6. The van der Waals surface area contributed by atoms with E-state index in [0.29, 0.717) is 16.3 Å². The number of aryl methyl sites for hydroxylation is 3. The Morgan fingerprint density at radius 2 is 1.92 bits per heavy atom. The predicted octanol–water partition coefficient (Wildman–Crippen LogP) is 3.12. The van der Waals surface area contributed by atoms with E-state index in [2.05, 4.69) is 31.0 Å². The topological polar surface area (TPSA) is 52.8 Å². The van der Waals surface area contributed by atoms with Crippen molar-refractivity contribution in [1.29, 1.82) is 0 Å². The second-order valence-corrected chi connectivity index (χ2v) is 7.17. The average molecular weight is 354 g/mol. The van der Waals surface area contributed by atoms with E-state index in [1.807, 2.05) is 29.8 Å². The first kappa shape index (κ1) is 15.9. The molecular weight excluding hydrogens is 336 g/mol. The molecule has 4 rings (SSSR count). The third-order valence-corrected chi connectivity index (χ3v) is 5.51. The van der Waals surface area contributed by atoms with E-state index in [-0.39, 0.29) is 12.5 Å². The molecule has 0 N–H and O–H groups in total. The van der Waals surface area contributed by atoms with Gasteiger partial charge in [-0.1, -0.05) is 23.5 Å². The number of hydrogen-bond acceptors (Lipinski definition) is 4. The van der Waals surface area contributed by atoms with Gasteiger partial charge in [0.2, 0.25) is 6.10 Å². The third-order valence-electron chi connectivity index (χ3n) is 4.41. The molecule has 1 atom stereocenters. The predicted molar refractivity (Wildman–Crippen MR) is 97.2 cm³/mol. The lowest BCUT2D eigenvalue weighted by atomic mass is 10.1. The highest BCUT2D eigenvalue weighted by molar-refractivity contribution is 7.16. The summed E-state index contributed by atoms with van der Waals surface area (Å²) in [4.78, 5) is 17.5. The number of carbonyl (C=O) groups is 1. The summed E-state index contributed by atoms with van der Waals surface area (Å²) >= 11 is 1.50. The van der Waals surface area contributed by atoms with Gasteiger partial charge in [0.1, 0.15) is 6.61 Å². The van der Waals surface area contributed by atoms with Crippen molar-refractivity contribution in [1.82, 2.24) is 4.57 Å². The number of amides is 1. The van der Waals surface area contributed by atoms with E-state index in [1.54, 1.807) is 6.07 Å². The summed E-state index contributed by atoms with van der Waals surface area (Å²) in [5.74, 6) is 0.907. The number of fused-ring (bicyclic) bond motifs is 2. The van der Waals surface area contributed by atoms with E-state index in [9.17, 15) is 4.79 Å². The molecule has 1 aliphatic rings. The summed E-state index contributed by atoms with van der Waals surface area (Å²) in [5, 5.41) is 0. The van der Waals surface area contributed by atoms with Crippen LogP contribution in [-0.4, -0.2) is 23.2 Å². The van der Waals surface area contributed by atoms with Gasteiger partial charge in [-0.2, -0.15) is 4.99 Å². The van der Waals surface area contributed by atoms with Crippen molar-refractivity contribution in [2.24, 2.45) is 12.0 Å². The molecule has 1 aromatic heterocycles. The lowest BCUT2D eigenvalue weighted by Crippen LogP contribution is -2.36. The van der Waals surface area contributed by atoms with Crippen LogP contribution < -0.4 is 14.3 Å². The Labute approximate surface area is 149 Å². The van der Waals surface area contributed by atoms with Gasteiger partial charge in [-0.15, -0.1) is 0 Å². The second-order valence-electron chi connectivity index (χ2n) is 6.16. The lowest BCUT2D eigenvalue weighted by Gasteiger charge is -2.23. The van der Waals surface area contributed by atoms with Crippen molar-refractivity contribution in [3.63, 3.8) is 0 Å². The number of hydrogen-bond donors (Lipinski definition) is 0. The van der Waals surface area contributed by atoms with E-state index in [0.717, 1.165) is 10.2 Å². The molecule has 25 heavy (non-hydrogen) atoms. The monoisotopic (exact) mass is 354 g/mol. The molecule has 2 aromatic carbocycles. The first-order valence-electron chi connectivity index (χ1n) is 8.07. The van der Waals surface area contributed by atoms with Crippen molar-refractivity contribution in [2.45, 2.75) is 20.0 Å². The van der Waals surface area contributed by atoms with Crippen LogP contribution >= 0.6 is 11.3 Å². The Hall–Kier alpha value is -2.60. The summed E-state index contributed by atoms with van der Waals surface area (Å²) in [5.41, 5.74) is 3.53. The molecule has 0 aliphatic carbocycles. The minimum atomic E-state index is -0.719. The smallest absolute Gasteiger partial charge is 0.292 e. The molecule has 0 bridgehead atoms. The molecular formula is C19H18N2O3S. The molecule has 1 aliphatic heterocycles. The highest BCUT2D eigenvalue weighted by Gasteiger charge is 2.27. The zero-order valence-corrected chi connectivity index (χ0v) is 15.1. The molecule has 0 fully saturated rings. The SMILES string of the molecule is Cc1cc2sc(=NC(=O)[C@H]3COc4ccccc4O3)n(C)c2cc1C. The van der Waals surface area contributed by atoms with Crippen molar-refractivity contribution >= 4 is 27.5 Å². The highest BCUT2D eigenvalue weighted by atomic mass is 32.1. The van der Waals surface area contributed by atoms with Gasteiger partial charge in [0, 0.05) is 7.05 Å². The van der Waals surface area contributed by atoms with E-state index < -0.39 is 6.10 Å². The standard InChI is InChI=1S/C19H18N2O3S/c1-11-8-13-17(9-12(11)2)25-19(21(13)3)20-18(22)16-10-23-14-6-4-5-7-15(14)24-16/h4-9,16H,10H2,1-3H3/t16-/m1/s1. The van der Waals surface area contributed by atoms with Crippen LogP contribution in [0.4, 0.5) is 0 Å².